The van der Waals surface area contributed by atoms with Gasteiger partial charge in [-0.1, -0.05) is 88.6 Å². The fourth-order valence-electron chi connectivity index (χ4n) is 3.73. The van der Waals surface area contributed by atoms with E-state index in [-0.39, 0.29) is 11.6 Å². The first-order chi connectivity index (χ1) is 13.1. The van der Waals surface area contributed by atoms with Crippen LogP contribution in [0.2, 0.25) is 0 Å². The molecule has 0 N–H and O–H groups in total. The Morgan fingerprint density at radius 2 is 1.59 bits per heavy atom. The number of ketones is 2. The molecule has 27 heavy (non-hydrogen) atoms. The molecule has 144 valence electrons. The van der Waals surface area contributed by atoms with Crippen LogP contribution in [-0.2, 0) is 0 Å². The number of rotatable bonds is 11. The van der Waals surface area contributed by atoms with Crippen molar-refractivity contribution in [2.24, 2.45) is 0 Å². The summed E-state index contributed by atoms with van der Waals surface area (Å²) < 4.78 is 0. The Kier molecular flexibility index (Phi) is 8.44. The van der Waals surface area contributed by atoms with E-state index in [2.05, 4.69) is 19.9 Å². The van der Waals surface area contributed by atoms with Gasteiger partial charge in [-0.25, -0.2) is 0 Å². The Hall–Kier alpha value is -2.22. The Labute approximate surface area is 164 Å². The first kappa shape index (κ1) is 21.1. The maximum absolute atomic E-state index is 13.1. The number of hydrogen-bond acceptors (Lipinski definition) is 2. The van der Waals surface area contributed by atoms with E-state index in [1.54, 1.807) is 0 Å². The minimum Gasteiger partial charge on any atom is -0.294 e. The second kappa shape index (κ2) is 10.8. The molecule has 1 unspecified atom stereocenters. The lowest BCUT2D eigenvalue weighted by Crippen LogP contribution is -2.15. The van der Waals surface area contributed by atoms with Crippen LogP contribution in [0.1, 0.15) is 103 Å². The lowest BCUT2D eigenvalue weighted by molar-refractivity contribution is 0.0965. The summed E-state index contributed by atoms with van der Waals surface area (Å²) in [6, 6.07) is 15.1. The fourth-order valence-corrected chi connectivity index (χ4v) is 3.73. The van der Waals surface area contributed by atoms with Gasteiger partial charge in [0.05, 0.1) is 0 Å². The van der Waals surface area contributed by atoms with E-state index in [9.17, 15) is 9.59 Å². The van der Waals surface area contributed by atoms with Crippen LogP contribution < -0.4 is 0 Å². The van der Waals surface area contributed by atoms with Crippen LogP contribution >= 0.6 is 0 Å². The van der Waals surface area contributed by atoms with Crippen molar-refractivity contribution in [2.75, 3.05) is 0 Å². The summed E-state index contributed by atoms with van der Waals surface area (Å²) in [5, 5.41) is 0. The zero-order valence-corrected chi connectivity index (χ0v) is 17.0. The zero-order chi connectivity index (χ0) is 19.6. The Morgan fingerprint density at radius 1 is 0.852 bits per heavy atom. The van der Waals surface area contributed by atoms with E-state index in [0.717, 1.165) is 31.2 Å². The van der Waals surface area contributed by atoms with Gasteiger partial charge >= 0.3 is 0 Å². The van der Waals surface area contributed by atoms with Gasteiger partial charge in [0.1, 0.15) is 0 Å². The molecule has 0 amide bonds. The van der Waals surface area contributed by atoms with Gasteiger partial charge in [-0.2, -0.15) is 0 Å². The van der Waals surface area contributed by atoms with Gasteiger partial charge in [0, 0.05) is 23.1 Å². The minimum atomic E-state index is -0.0553. The standard InChI is InChI=1S/C25H32O2/c1-4-7-9-14-19(6-3)21-17-12-18-22(24(21)23(26)13-5-2)25(27)20-15-10-8-11-16-20/h8,10-12,15-19H,4-7,9,13-14H2,1-3H3. The van der Waals surface area contributed by atoms with Crippen molar-refractivity contribution in [1.29, 1.82) is 0 Å². The van der Waals surface area contributed by atoms with E-state index in [1.165, 1.54) is 12.8 Å². The molecule has 0 saturated heterocycles. The number of unbranched alkanes of at least 4 members (excludes halogenated alkanes) is 2. The number of Topliss-reactive ketones (excluding diaryl/α,β-unsaturated/α-hetero) is 1. The molecule has 2 heteroatoms. The summed E-state index contributed by atoms with van der Waals surface area (Å²) in [5.41, 5.74) is 2.93. The first-order valence-corrected chi connectivity index (χ1v) is 10.4. The summed E-state index contributed by atoms with van der Waals surface area (Å²) in [7, 11) is 0. The van der Waals surface area contributed by atoms with Gasteiger partial charge in [0.25, 0.3) is 0 Å². The highest BCUT2D eigenvalue weighted by Crippen LogP contribution is 2.32. The predicted molar refractivity (Wildman–Crippen MR) is 113 cm³/mol. The Morgan fingerprint density at radius 3 is 2.22 bits per heavy atom. The largest absolute Gasteiger partial charge is 0.294 e. The van der Waals surface area contributed by atoms with Gasteiger partial charge in [-0.3, -0.25) is 9.59 Å². The lowest BCUT2D eigenvalue weighted by atomic mass is 9.82. The van der Waals surface area contributed by atoms with Crippen molar-refractivity contribution in [2.45, 2.75) is 71.6 Å². The topological polar surface area (TPSA) is 34.1 Å². The van der Waals surface area contributed by atoms with Crippen LogP contribution in [0.3, 0.4) is 0 Å². The summed E-state index contributed by atoms with van der Waals surface area (Å²) >= 11 is 0. The van der Waals surface area contributed by atoms with Crippen molar-refractivity contribution in [3.05, 3.63) is 70.8 Å². The second-order valence-corrected chi connectivity index (χ2v) is 7.24. The number of benzene rings is 2. The van der Waals surface area contributed by atoms with Crippen LogP contribution in [0.5, 0.6) is 0 Å². The van der Waals surface area contributed by atoms with Gasteiger partial charge in [-0.15, -0.1) is 0 Å². The van der Waals surface area contributed by atoms with Crippen LogP contribution in [0.4, 0.5) is 0 Å². The molecule has 0 heterocycles. The SMILES string of the molecule is CCCCCC(CC)c1cccc(C(=O)c2ccccc2)c1C(=O)CCC. The van der Waals surface area contributed by atoms with E-state index >= 15 is 0 Å². The number of carbonyl (C=O) groups excluding carboxylic acids is 2. The molecule has 0 saturated carbocycles. The average molecular weight is 365 g/mol. The van der Waals surface area contributed by atoms with Crippen LogP contribution in [0.25, 0.3) is 0 Å². The number of carbonyl (C=O) groups is 2. The average Bonchev–Trinajstić information content (AvgIpc) is 2.71. The monoisotopic (exact) mass is 364 g/mol. The Bertz CT molecular complexity index is 746. The Balaban J connectivity index is 2.50. The van der Waals surface area contributed by atoms with Crippen LogP contribution in [-0.4, -0.2) is 11.6 Å². The summed E-state index contributed by atoms with van der Waals surface area (Å²) in [6.07, 6.45) is 6.88. The van der Waals surface area contributed by atoms with Crippen molar-refractivity contribution in [3.8, 4) is 0 Å². The first-order valence-electron chi connectivity index (χ1n) is 10.4. The van der Waals surface area contributed by atoms with Gasteiger partial charge in [0.2, 0.25) is 0 Å². The third-order valence-corrected chi connectivity index (χ3v) is 5.22. The smallest absolute Gasteiger partial charge is 0.193 e. The van der Waals surface area contributed by atoms with E-state index in [4.69, 9.17) is 0 Å². The zero-order valence-electron chi connectivity index (χ0n) is 17.0. The number of hydrogen-bond donors (Lipinski definition) is 0. The molecule has 1 atom stereocenters. The summed E-state index contributed by atoms with van der Waals surface area (Å²) in [4.78, 5) is 26.2. The van der Waals surface area contributed by atoms with Gasteiger partial charge in [0.15, 0.2) is 11.6 Å². The molecule has 2 rings (SSSR count). The van der Waals surface area contributed by atoms with Crippen molar-refractivity contribution < 1.29 is 9.59 Å². The van der Waals surface area contributed by atoms with Crippen LogP contribution in [0, 0.1) is 0 Å². The third-order valence-electron chi connectivity index (χ3n) is 5.22. The highest BCUT2D eigenvalue weighted by molar-refractivity contribution is 6.16. The molecule has 0 bridgehead atoms. The predicted octanol–water partition coefficient (Wildman–Crippen LogP) is 6.97. The molecule has 0 aliphatic carbocycles. The molecular weight excluding hydrogens is 332 g/mol. The maximum Gasteiger partial charge on any atom is 0.193 e. The van der Waals surface area contributed by atoms with E-state index < -0.39 is 0 Å². The maximum atomic E-state index is 13.1. The molecule has 2 nitrogen and oxygen atoms in total. The molecule has 0 radical (unpaired) electrons. The van der Waals surface area contributed by atoms with E-state index in [1.807, 2.05) is 49.4 Å². The molecule has 2 aromatic rings. The molecule has 0 aliphatic rings. The second-order valence-electron chi connectivity index (χ2n) is 7.24. The molecule has 2 aromatic carbocycles. The van der Waals surface area contributed by atoms with Crippen molar-refractivity contribution in [1.82, 2.24) is 0 Å². The third kappa shape index (κ3) is 5.38. The molecule has 0 fully saturated rings. The molecule has 0 spiro atoms. The van der Waals surface area contributed by atoms with E-state index in [0.29, 0.717) is 29.0 Å². The molecule has 0 aromatic heterocycles. The lowest BCUT2D eigenvalue weighted by Gasteiger charge is -2.21. The summed E-state index contributed by atoms with van der Waals surface area (Å²) in [5.74, 6) is 0.373. The van der Waals surface area contributed by atoms with Gasteiger partial charge in [-0.05, 0) is 30.7 Å². The van der Waals surface area contributed by atoms with Gasteiger partial charge < -0.3 is 0 Å². The molecule has 0 aliphatic heterocycles. The normalized spacial score (nSPS) is 12.0. The molecular formula is C25H32O2. The minimum absolute atomic E-state index is 0.0553. The highest BCUT2D eigenvalue weighted by atomic mass is 16.1. The summed E-state index contributed by atoms with van der Waals surface area (Å²) in [6.45, 7) is 6.39. The van der Waals surface area contributed by atoms with Crippen LogP contribution in [0.15, 0.2) is 48.5 Å². The fraction of sp³-hybridized carbons (Fsp3) is 0.440. The quantitative estimate of drug-likeness (QED) is 0.318. The van der Waals surface area contributed by atoms with Crippen molar-refractivity contribution in [3.63, 3.8) is 0 Å². The highest BCUT2D eigenvalue weighted by Gasteiger charge is 2.24. The van der Waals surface area contributed by atoms with Crippen molar-refractivity contribution >= 4 is 11.6 Å².